The van der Waals surface area contributed by atoms with Gasteiger partial charge in [0, 0.05) is 25.2 Å². The Labute approximate surface area is 168 Å². The molecule has 1 heterocycles. The van der Waals surface area contributed by atoms with Gasteiger partial charge in [-0.2, -0.15) is 0 Å². The van der Waals surface area contributed by atoms with Crippen molar-refractivity contribution >= 4 is 5.91 Å². The van der Waals surface area contributed by atoms with Gasteiger partial charge in [-0.3, -0.25) is 9.69 Å². The first-order chi connectivity index (χ1) is 13.3. The van der Waals surface area contributed by atoms with Crippen molar-refractivity contribution in [2.75, 3.05) is 13.1 Å². The maximum atomic E-state index is 12.2. The van der Waals surface area contributed by atoms with Crippen LogP contribution in [0.25, 0.3) is 0 Å². The molecule has 0 saturated carbocycles. The topological polar surface area (TPSA) is 67.6 Å². The van der Waals surface area contributed by atoms with Crippen molar-refractivity contribution in [2.45, 2.75) is 66.7 Å². The third-order valence-corrected chi connectivity index (χ3v) is 4.87. The van der Waals surface area contributed by atoms with Crippen molar-refractivity contribution in [1.82, 2.24) is 15.4 Å². The maximum absolute atomic E-state index is 12.2. The van der Waals surface area contributed by atoms with E-state index in [2.05, 4.69) is 43.1 Å². The van der Waals surface area contributed by atoms with Gasteiger partial charge < -0.3 is 14.6 Å². The molecule has 0 aliphatic heterocycles. The quantitative estimate of drug-likeness (QED) is 0.674. The van der Waals surface area contributed by atoms with Crippen LogP contribution in [0, 0.1) is 13.8 Å². The third-order valence-electron chi connectivity index (χ3n) is 4.87. The number of nitrogens with one attached hydrogen (secondary N) is 1. The average molecular weight is 388 g/mol. The molecule has 1 N–H and O–H groups in total. The minimum Gasteiger partial charge on any atom is -0.489 e. The molecule has 6 nitrogen and oxygen atoms in total. The molecule has 0 radical (unpaired) electrons. The summed E-state index contributed by atoms with van der Waals surface area (Å²) in [5, 5.41) is 6.94. The zero-order valence-corrected chi connectivity index (χ0v) is 17.9. The molecule has 28 heavy (non-hydrogen) atoms. The van der Waals surface area contributed by atoms with Crippen LogP contribution in [0.4, 0.5) is 0 Å². The van der Waals surface area contributed by atoms with Crippen molar-refractivity contribution in [3.63, 3.8) is 0 Å². The zero-order chi connectivity index (χ0) is 20.7. The number of aromatic nitrogens is 1. The van der Waals surface area contributed by atoms with E-state index in [-0.39, 0.29) is 5.91 Å². The lowest BCUT2D eigenvalue weighted by atomic mass is 10.1. The van der Waals surface area contributed by atoms with E-state index in [0.29, 0.717) is 31.7 Å². The molecule has 154 valence electrons. The highest BCUT2D eigenvalue weighted by atomic mass is 16.5. The molecule has 0 unspecified atom stereocenters. The van der Waals surface area contributed by atoms with Crippen LogP contribution >= 0.6 is 0 Å². The van der Waals surface area contributed by atoms with Gasteiger partial charge in [0.15, 0.2) is 0 Å². The lowest BCUT2D eigenvalue weighted by molar-refractivity contribution is -0.120. The normalized spacial score (nSPS) is 11.5. The number of carbonyl (C=O) groups excluding carboxylic acids is 1. The predicted octanol–water partition coefficient (Wildman–Crippen LogP) is 3.65. The van der Waals surface area contributed by atoms with Crippen molar-refractivity contribution in [3.8, 4) is 5.75 Å². The Balaban J connectivity index is 1.78. The Morgan fingerprint density at radius 3 is 2.32 bits per heavy atom. The van der Waals surface area contributed by atoms with Gasteiger partial charge in [-0.05, 0) is 59.2 Å². The second-order valence-electron chi connectivity index (χ2n) is 7.69. The summed E-state index contributed by atoms with van der Waals surface area (Å²) in [5.74, 6) is 1.57. The van der Waals surface area contributed by atoms with Crippen LogP contribution < -0.4 is 10.1 Å². The molecule has 1 aromatic heterocycles. The Morgan fingerprint density at radius 2 is 1.79 bits per heavy atom. The van der Waals surface area contributed by atoms with Gasteiger partial charge in [0.2, 0.25) is 5.91 Å². The van der Waals surface area contributed by atoms with Gasteiger partial charge in [-0.25, -0.2) is 0 Å². The minimum atomic E-state index is 0.0388. The number of hydrogen-bond donors (Lipinski definition) is 1. The second kappa shape index (κ2) is 10.3. The van der Waals surface area contributed by atoms with Crippen LogP contribution in [0.5, 0.6) is 5.75 Å². The second-order valence-corrected chi connectivity index (χ2v) is 7.69. The minimum absolute atomic E-state index is 0.0388. The van der Waals surface area contributed by atoms with E-state index in [0.717, 1.165) is 34.9 Å². The van der Waals surface area contributed by atoms with Gasteiger partial charge in [0.05, 0.1) is 17.7 Å². The summed E-state index contributed by atoms with van der Waals surface area (Å²) in [6.07, 6.45) is 0.369. The lowest BCUT2D eigenvalue weighted by Gasteiger charge is -2.30. The van der Waals surface area contributed by atoms with Gasteiger partial charge >= 0.3 is 0 Å². The van der Waals surface area contributed by atoms with Crippen molar-refractivity contribution in [3.05, 3.63) is 46.8 Å². The van der Waals surface area contributed by atoms with Gasteiger partial charge in [0.25, 0.3) is 0 Å². The smallest absolute Gasteiger partial charge is 0.224 e. The number of benzene rings is 1. The fourth-order valence-electron chi connectivity index (χ4n) is 3.25. The molecule has 1 aromatic carbocycles. The Kier molecular flexibility index (Phi) is 8.05. The number of nitrogens with zero attached hydrogens (tertiary/aromatic N) is 2. The van der Waals surface area contributed by atoms with Crippen LogP contribution in [0.2, 0.25) is 0 Å². The molecule has 0 aliphatic rings. The highest BCUT2D eigenvalue weighted by Crippen LogP contribution is 2.18. The van der Waals surface area contributed by atoms with E-state index in [1.807, 2.05) is 38.1 Å². The first-order valence-corrected chi connectivity index (χ1v) is 9.93. The van der Waals surface area contributed by atoms with E-state index >= 15 is 0 Å². The molecule has 1 amide bonds. The van der Waals surface area contributed by atoms with Crippen LogP contribution in [0.1, 0.15) is 50.3 Å². The van der Waals surface area contributed by atoms with Crippen LogP contribution in [0.3, 0.4) is 0 Å². The van der Waals surface area contributed by atoms with Gasteiger partial charge in [-0.1, -0.05) is 17.3 Å². The predicted molar refractivity (Wildman–Crippen MR) is 110 cm³/mol. The molecule has 6 heteroatoms. The fourth-order valence-corrected chi connectivity index (χ4v) is 3.25. The summed E-state index contributed by atoms with van der Waals surface area (Å²) in [6, 6.07) is 8.57. The zero-order valence-electron chi connectivity index (χ0n) is 17.9. The maximum Gasteiger partial charge on any atom is 0.224 e. The molecule has 0 spiro atoms. The number of hydrogen-bond acceptors (Lipinski definition) is 5. The Morgan fingerprint density at radius 1 is 1.14 bits per heavy atom. The van der Waals surface area contributed by atoms with Gasteiger partial charge in [0.1, 0.15) is 18.1 Å². The summed E-state index contributed by atoms with van der Waals surface area (Å²) >= 11 is 0. The largest absolute Gasteiger partial charge is 0.489 e. The molecular formula is C22H33N3O3. The van der Waals surface area contributed by atoms with Crippen molar-refractivity contribution in [2.24, 2.45) is 0 Å². The number of ether oxygens (including phenoxy) is 1. The number of carbonyl (C=O) groups is 1. The molecule has 2 aromatic rings. The van der Waals surface area contributed by atoms with E-state index in [1.165, 1.54) is 0 Å². The third kappa shape index (κ3) is 6.37. The highest BCUT2D eigenvalue weighted by Gasteiger charge is 2.13. The number of rotatable bonds is 10. The summed E-state index contributed by atoms with van der Waals surface area (Å²) < 4.78 is 10.9. The van der Waals surface area contributed by atoms with Crippen molar-refractivity contribution in [1.29, 1.82) is 0 Å². The highest BCUT2D eigenvalue weighted by molar-refractivity contribution is 5.78. The molecule has 0 fully saturated rings. The standard InChI is InChI=1S/C22H33N3O3/c1-15(2)25(16(3)4)12-11-23-22(26)13-19-7-9-20(10-8-19)27-14-21-17(5)24-28-18(21)6/h7-10,15-16H,11-14H2,1-6H3,(H,23,26). The molecule has 0 bridgehead atoms. The van der Waals surface area contributed by atoms with E-state index in [1.54, 1.807) is 0 Å². The Hall–Kier alpha value is -2.34. The first kappa shape index (κ1) is 22.0. The monoisotopic (exact) mass is 387 g/mol. The summed E-state index contributed by atoms with van der Waals surface area (Å²) in [5.41, 5.74) is 2.78. The molecule has 0 aliphatic carbocycles. The van der Waals surface area contributed by atoms with Crippen LogP contribution in [-0.4, -0.2) is 41.1 Å². The molecular weight excluding hydrogens is 354 g/mol. The summed E-state index contributed by atoms with van der Waals surface area (Å²) in [4.78, 5) is 14.6. The Bertz CT molecular complexity index is 723. The summed E-state index contributed by atoms with van der Waals surface area (Å²) in [6.45, 7) is 14.4. The van der Waals surface area contributed by atoms with Crippen molar-refractivity contribution < 1.29 is 14.1 Å². The van der Waals surface area contributed by atoms with E-state index < -0.39 is 0 Å². The number of amides is 1. The molecule has 2 rings (SSSR count). The van der Waals surface area contributed by atoms with Crippen LogP contribution in [-0.2, 0) is 17.8 Å². The first-order valence-electron chi connectivity index (χ1n) is 9.93. The van der Waals surface area contributed by atoms with Gasteiger partial charge in [-0.15, -0.1) is 0 Å². The number of aryl methyl sites for hydroxylation is 2. The van der Waals surface area contributed by atoms with E-state index in [4.69, 9.17) is 9.26 Å². The molecule has 0 atom stereocenters. The van der Waals surface area contributed by atoms with E-state index in [9.17, 15) is 4.79 Å². The SMILES string of the molecule is Cc1noc(C)c1COc1ccc(CC(=O)NCCN(C(C)C)C(C)C)cc1. The lowest BCUT2D eigenvalue weighted by Crippen LogP contribution is -2.42. The molecule has 0 saturated heterocycles. The average Bonchev–Trinajstić information content (AvgIpc) is 2.95. The summed E-state index contributed by atoms with van der Waals surface area (Å²) in [7, 11) is 0. The van der Waals surface area contributed by atoms with Crippen LogP contribution in [0.15, 0.2) is 28.8 Å². The fraction of sp³-hybridized carbons (Fsp3) is 0.545.